The fourth-order valence-corrected chi connectivity index (χ4v) is 7.12. The minimum Gasteiger partial charge on any atom is -0.756 e. The maximum absolute atomic E-state index is 12.8. The van der Waals surface area contributed by atoms with Gasteiger partial charge >= 0.3 is 0 Å². The van der Waals surface area contributed by atoms with Crippen LogP contribution in [0.15, 0.2) is 0 Å². The first-order valence-corrected chi connectivity index (χ1v) is 22.8. The van der Waals surface area contributed by atoms with Gasteiger partial charge in [-0.15, -0.1) is 0 Å². The molecule has 0 aromatic carbocycles. The fourth-order valence-electron chi connectivity index (χ4n) is 6.39. The fraction of sp³-hybridized carbons (Fsp3) is 0.976. The molecule has 0 aliphatic heterocycles. The van der Waals surface area contributed by atoms with E-state index in [2.05, 4.69) is 19.2 Å². The molecule has 0 radical (unpaired) electrons. The van der Waals surface area contributed by atoms with Gasteiger partial charge in [0.1, 0.15) is 13.2 Å². The van der Waals surface area contributed by atoms with Gasteiger partial charge < -0.3 is 28.8 Å². The van der Waals surface area contributed by atoms with Gasteiger partial charge in [-0.1, -0.05) is 187 Å². The number of phosphoric acid groups is 1. The van der Waals surface area contributed by atoms with E-state index in [9.17, 15) is 19.4 Å². The van der Waals surface area contributed by atoms with Gasteiger partial charge in [0.15, 0.2) is 0 Å². The normalized spacial score (nSPS) is 14.5. The molecule has 1 amide bonds. The maximum atomic E-state index is 12.8. The van der Waals surface area contributed by atoms with Crippen LogP contribution in [0, 0.1) is 0 Å². The van der Waals surface area contributed by atoms with Crippen molar-refractivity contribution in [1.82, 2.24) is 5.32 Å². The van der Waals surface area contributed by atoms with Crippen molar-refractivity contribution in [3.05, 3.63) is 0 Å². The van der Waals surface area contributed by atoms with E-state index in [1.54, 1.807) is 0 Å². The standard InChI is InChI=1S/C41H85N2O6P/c1-6-8-10-12-14-16-18-19-20-21-22-23-24-25-26-28-30-32-34-40(44)39(38-49-50(46,47)48-37-36-43(3,4)5)42-41(45)35-33-31-29-27-17-15-13-11-9-7-2/h39-40,44H,6-38H2,1-5H3,(H-,42,45,46,47). The van der Waals surface area contributed by atoms with Crippen molar-refractivity contribution in [2.45, 2.75) is 219 Å². The zero-order valence-corrected chi connectivity index (χ0v) is 34.8. The van der Waals surface area contributed by atoms with Crippen LogP contribution in [0.5, 0.6) is 0 Å². The molecule has 0 fully saturated rings. The Balaban J connectivity index is 4.31. The number of carbonyl (C=O) groups excluding carboxylic acids is 1. The molecule has 3 unspecified atom stereocenters. The van der Waals surface area contributed by atoms with E-state index in [0.29, 0.717) is 23.9 Å². The van der Waals surface area contributed by atoms with Crippen LogP contribution in [-0.4, -0.2) is 68.5 Å². The van der Waals surface area contributed by atoms with E-state index < -0.39 is 20.0 Å². The van der Waals surface area contributed by atoms with Crippen LogP contribution in [0.4, 0.5) is 0 Å². The average Bonchev–Trinajstić information content (AvgIpc) is 3.06. The van der Waals surface area contributed by atoms with Gasteiger partial charge in [-0.3, -0.25) is 9.36 Å². The Hall–Kier alpha value is -0.500. The third kappa shape index (κ3) is 35.9. The van der Waals surface area contributed by atoms with Crippen LogP contribution in [0.3, 0.4) is 0 Å². The Kier molecular flexibility index (Phi) is 33.9. The smallest absolute Gasteiger partial charge is 0.268 e. The number of unbranched alkanes of at least 4 members (excludes halogenated alkanes) is 26. The molecular formula is C41H85N2O6P. The van der Waals surface area contributed by atoms with Crippen molar-refractivity contribution in [2.75, 3.05) is 40.9 Å². The summed E-state index contributed by atoms with van der Waals surface area (Å²) in [6.07, 6.45) is 35.3. The number of quaternary nitrogens is 1. The third-order valence-electron chi connectivity index (χ3n) is 9.85. The van der Waals surface area contributed by atoms with E-state index >= 15 is 0 Å². The highest BCUT2D eigenvalue weighted by atomic mass is 31.2. The summed E-state index contributed by atoms with van der Waals surface area (Å²) < 4.78 is 23.2. The molecule has 0 saturated heterocycles. The molecular weight excluding hydrogens is 647 g/mol. The summed E-state index contributed by atoms with van der Waals surface area (Å²) in [5, 5.41) is 13.9. The molecule has 9 heteroatoms. The first-order chi connectivity index (χ1) is 24.0. The second-order valence-electron chi connectivity index (χ2n) is 16.1. The summed E-state index contributed by atoms with van der Waals surface area (Å²) in [5.41, 5.74) is 0. The Bertz CT molecular complexity index is 794. The average molecular weight is 733 g/mol. The van der Waals surface area contributed by atoms with Crippen LogP contribution in [0.2, 0.25) is 0 Å². The highest BCUT2D eigenvalue weighted by Gasteiger charge is 2.24. The maximum Gasteiger partial charge on any atom is 0.268 e. The zero-order chi connectivity index (χ0) is 37.2. The monoisotopic (exact) mass is 733 g/mol. The Morgan fingerprint density at radius 2 is 0.980 bits per heavy atom. The van der Waals surface area contributed by atoms with E-state index in [1.807, 2.05) is 21.1 Å². The van der Waals surface area contributed by atoms with Gasteiger partial charge in [0.2, 0.25) is 5.91 Å². The van der Waals surface area contributed by atoms with Crippen molar-refractivity contribution in [3.8, 4) is 0 Å². The number of nitrogens with one attached hydrogen (secondary N) is 1. The van der Waals surface area contributed by atoms with E-state index in [1.165, 1.54) is 141 Å². The molecule has 300 valence electrons. The second kappa shape index (κ2) is 34.3. The quantitative estimate of drug-likeness (QED) is 0.0370. The van der Waals surface area contributed by atoms with Gasteiger partial charge in [-0.05, 0) is 12.8 Å². The summed E-state index contributed by atoms with van der Waals surface area (Å²) in [5.74, 6) is -0.165. The van der Waals surface area contributed by atoms with Crippen LogP contribution >= 0.6 is 7.82 Å². The molecule has 0 heterocycles. The van der Waals surface area contributed by atoms with Crippen molar-refractivity contribution < 1.29 is 32.9 Å². The second-order valence-corrected chi connectivity index (χ2v) is 17.5. The Morgan fingerprint density at radius 1 is 0.620 bits per heavy atom. The largest absolute Gasteiger partial charge is 0.756 e. The van der Waals surface area contributed by atoms with Crippen LogP contribution in [-0.2, 0) is 18.4 Å². The summed E-state index contributed by atoms with van der Waals surface area (Å²) in [4.78, 5) is 25.2. The Morgan fingerprint density at radius 3 is 1.36 bits per heavy atom. The molecule has 8 nitrogen and oxygen atoms in total. The molecule has 50 heavy (non-hydrogen) atoms. The van der Waals surface area contributed by atoms with E-state index in [-0.39, 0.29) is 19.1 Å². The molecule has 0 aliphatic carbocycles. The van der Waals surface area contributed by atoms with E-state index in [0.717, 1.165) is 38.5 Å². The van der Waals surface area contributed by atoms with Gasteiger partial charge in [0.25, 0.3) is 7.82 Å². The van der Waals surface area contributed by atoms with Crippen molar-refractivity contribution in [3.63, 3.8) is 0 Å². The molecule has 0 spiro atoms. The highest BCUT2D eigenvalue weighted by Crippen LogP contribution is 2.38. The zero-order valence-electron chi connectivity index (χ0n) is 33.9. The Labute approximate surface area is 310 Å². The minimum absolute atomic E-state index is 0.0158. The number of aliphatic hydroxyl groups is 1. The van der Waals surface area contributed by atoms with Gasteiger partial charge in [-0.25, -0.2) is 0 Å². The molecule has 2 N–H and O–H groups in total. The number of rotatable bonds is 39. The van der Waals surface area contributed by atoms with Gasteiger partial charge in [-0.2, -0.15) is 0 Å². The highest BCUT2D eigenvalue weighted by molar-refractivity contribution is 7.45. The van der Waals surface area contributed by atoms with E-state index in [4.69, 9.17) is 9.05 Å². The number of amides is 1. The third-order valence-corrected chi connectivity index (χ3v) is 10.8. The SMILES string of the molecule is CCCCCCCCCCCCCCCCCCCCC(O)C(COP(=O)([O-])OCC[N+](C)(C)C)NC(=O)CCCCCCCCCCCC. The molecule has 3 atom stereocenters. The van der Waals surface area contributed by atoms with Crippen LogP contribution < -0.4 is 10.2 Å². The van der Waals surface area contributed by atoms with Crippen molar-refractivity contribution in [1.29, 1.82) is 0 Å². The lowest BCUT2D eigenvalue weighted by atomic mass is 10.0. The lowest BCUT2D eigenvalue weighted by Crippen LogP contribution is -2.46. The number of aliphatic hydroxyl groups excluding tert-OH is 1. The van der Waals surface area contributed by atoms with Crippen molar-refractivity contribution >= 4 is 13.7 Å². The number of phosphoric ester groups is 1. The topological polar surface area (TPSA) is 108 Å². The van der Waals surface area contributed by atoms with Gasteiger partial charge in [0, 0.05) is 6.42 Å². The molecule has 0 rings (SSSR count). The minimum atomic E-state index is -4.55. The first kappa shape index (κ1) is 49.5. The number of likely N-dealkylation sites (N-methyl/N-ethyl adjacent to an activating group) is 1. The number of hydrogen-bond donors (Lipinski definition) is 2. The number of nitrogens with zero attached hydrogens (tertiary/aromatic N) is 1. The van der Waals surface area contributed by atoms with Crippen molar-refractivity contribution in [2.24, 2.45) is 0 Å². The lowest BCUT2D eigenvalue weighted by molar-refractivity contribution is -0.870. The van der Waals surface area contributed by atoms with Crippen LogP contribution in [0.1, 0.15) is 206 Å². The predicted octanol–water partition coefficient (Wildman–Crippen LogP) is 10.8. The summed E-state index contributed by atoms with van der Waals surface area (Å²) in [7, 11) is 1.31. The molecule has 0 saturated carbocycles. The lowest BCUT2D eigenvalue weighted by Gasteiger charge is -2.30. The molecule has 0 aliphatic rings. The molecule has 0 aromatic heterocycles. The summed E-state index contributed by atoms with van der Waals surface area (Å²) in [6, 6.07) is -0.791. The van der Waals surface area contributed by atoms with Crippen LogP contribution in [0.25, 0.3) is 0 Å². The van der Waals surface area contributed by atoms with Gasteiger partial charge in [0.05, 0.1) is 39.9 Å². The first-order valence-electron chi connectivity index (χ1n) is 21.4. The number of carbonyl (C=O) groups is 1. The summed E-state index contributed by atoms with van der Waals surface area (Å²) in [6.45, 7) is 4.71. The summed E-state index contributed by atoms with van der Waals surface area (Å²) >= 11 is 0. The number of hydrogen-bond acceptors (Lipinski definition) is 6. The predicted molar refractivity (Wildman–Crippen MR) is 210 cm³/mol. The molecule has 0 bridgehead atoms. The molecule has 0 aromatic rings.